The van der Waals surface area contributed by atoms with Gasteiger partial charge in [-0.3, -0.25) is 4.79 Å². The van der Waals surface area contributed by atoms with E-state index in [9.17, 15) is 9.59 Å². The van der Waals surface area contributed by atoms with Crippen molar-refractivity contribution in [3.63, 3.8) is 0 Å². The van der Waals surface area contributed by atoms with E-state index in [0.717, 1.165) is 16.5 Å². The number of rotatable bonds is 12. The number of esters is 1. The Morgan fingerprint density at radius 2 is 1.49 bits per heavy atom. The monoisotopic (exact) mass is 625 g/mol. The molecule has 0 saturated heterocycles. The summed E-state index contributed by atoms with van der Waals surface area (Å²) in [5.41, 5.74) is 6.10. The van der Waals surface area contributed by atoms with E-state index in [1.54, 1.807) is 42.5 Å². The van der Waals surface area contributed by atoms with E-state index in [0.29, 0.717) is 64.4 Å². The molecule has 0 unspecified atom stereocenters. The standard InChI is InChI=1S/C35H32ClN3O6/c1-4-42-27-18-16-24(20-30(27)44-6-3)35(41)45-28-17-15-22(19-29(28)43-5-2)21-37-39-34(40)33-31(23-11-8-7-9-12-23)25-13-10-14-26(36)32(25)38-33/h7-21,38H,4-6H2,1-3H3,(H,39,40). The Hall–Kier alpha value is -5.28. The SMILES string of the molecule is CCOc1ccc(C(=O)Oc2ccc(C=NNC(=O)c3[nH]c4c(Cl)cccc4c3-c3ccccc3)cc2OCC)cc1OCC. The van der Waals surface area contributed by atoms with Gasteiger partial charge in [-0.05, 0) is 74.4 Å². The number of carbonyl (C=O) groups excluding carboxylic acids is 2. The minimum absolute atomic E-state index is 0.234. The molecule has 10 heteroatoms. The van der Waals surface area contributed by atoms with Crippen LogP contribution in [0.15, 0.2) is 90.0 Å². The van der Waals surface area contributed by atoms with Gasteiger partial charge in [0.25, 0.3) is 5.91 Å². The van der Waals surface area contributed by atoms with Crippen molar-refractivity contribution in [3.8, 4) is 34.1 Å². The summed E-state index contributed by atoms with van der Waals surface area (Å²) >= 11 is 6.43. The first-order chi connectivity index (χ1) is 21.9. The summed E-state index contributed by atoms with van der Waals surface area (Å²) in [6, 6.07) is 25.0. The van der Waals surface area contributed by atoms with Gasteiger partial charge in [-0.1, -0.05) is 54.1 Å². The first kappa shape index (κ1) is 31.2. The van der Waals surface area contributed by atoms with Crippen molar-refractivity contribution >= 4 is 40.6 Å². The summed E-state index contributed by atoms with van der Waals surface area (Å²) in [6.45, 7) is 6.77. The minimum Gasteiger partial charge on any atom is -0.490 e. The van der Waals surface area contributed by atoms with Crippen molar-refractivity contribution in [1.82, 2.24) is 10.4 Å². The van der Waals surface area contributed by atoms with Gasteiger partial charge in [-0.25, -0.2) is 10.2 Å². The van der Waals surface area contributed by atoms with Crippen molar-refractivity contribution in [1.29, 1.82) is 0 Å². The number of benzene rings is 4. The van der Waals surface area contributed by atoms with Crippen molar-refractivity contribution in [3.05, 3.63) is 107 Å². The van der Waals surface area contributed by atoms with Crippen LogP contribution in [0.25, 0.3) is 22.0 Å². The molecule has 9 nitrogen and oxygen atoms in total. The fraction of sp³-hybridized carbons (Fsp3) is 0.171. The number of amides is 1. The second kappa shape index (κ2) is 14.5. The second-order valence-corrected chi connectivity index (χ2v) is 10.1. The van der Waals surface area contributed by atoms with Crippen LogP contribution in [-0.4, -0.2) is 42.9 Å². The van der Waals surface area contributed by atoms with Crippen molar-refractivity contribution < 1.29 is 28.5 Å². The lowest BCUT2D eigenvalue weighted by molar-refractivity contribution is 0.0727. The van der Waals surface area contributed by atoms with Crippen LogP contribution in [0.1, 0.15) is 47.2 Å². The Labute approximate surface area is 265 Å². The number of fused-ring (bicyclic) bond motifs is 1. The molecule has 1 heterocycles. The average molecular weight is 626 g/mol. The molecule has 1 aromatic heterocycles. The fourth-order valence-electron chi connectivity index (χ4n) is 4.77. The maximum absolute atomic E-state index is 13.3. The van der Waals surface area contributed by atoms with Crippen LogP contribution in [0.5, 0.6) is 23.0 Å². The maximum Gasteiger partial charge on any atom is 0.343 e. The molecule has 45 heavy (non-hydrogen) atoms. The molecule has 0 atom stereocenters. The smallest absolute Gasteiger partial charge is 0.343 e. The van der Waals surface area contributed by atoms with Crippen molar-refractivity contribution in [2.45, 2.75) is 20.8 Å². The first-order valence-electron chi connectivity index (χ1n) is 14.5. The Balaban J connectivity index is 1.34. The van der Waals surface area contributed by atoms with E-state index in [-0.39, 0.29) is 5.75 Å². The van der Waals surface area contributed by atoms with Crippen LogP contribution in [0.3, 0.4) is 0 Å². The molecule has 0 saturated carbocycles. The molecule has 230 valence electrons. The third kappa shape index (κ3) is 7.11. The molecule has 0 aliphatic rings. The molecular formula is C35H32ClN3O6. The molecule has 1 amide bonds. The van der Waals surface area contributed by atoms with Crippen molar-refractivity contribution in [2.24, 2.45) is 5.10 Å². The van der Waals surface area contributed by atoms with Crippen LogP contribution in [0.4, 0.5) is 0 Å². The van der Waals surface area contributed by atoms with Crippen LogP contribution in [-0.2, 0) is 0 Å². The van der Waals surface area contributed by atoms with E-state index in [1.165, 1.54) is 6.21 Å². The Kier molecular flexibility index (Phi) is 10.0. The number of aromatic amines is 1. The predicted molar refractivity (Wildman–Crippen MR) is 175 cm³/mol. The van der Waals surface area contributed by atoms with Gasteiger partial charge in [0.05, 0.1) is 42.1 Å². The van der Waals surface area contributed by atoms with Gasteiger partial charge in [-0.15, -0.1) is 0 Å². The molecule has 0 spiro atoms. The lowest BCUT2D eigenvalue weighted by atomic mass is 10.0. The van der Waals surface area contributed by atoms with Crippen LogP contribution < -0.4 is 24.4 Å². The molecule has 0 fully saturated rings. The van der Waals surface area contributed by atoms with E-state index in [1.807, 2.05) is 63.2 Å². The molecule has 5 aromatic rings. The summed E-state index contributed by atoms with van der Waals surface area (Å²) in [6.07, 6.45) is 1.48. The molecule has 4 aromatic carbocycles. The predicted octanol–water partition coefficient (Wildman–Crippen LogP) is 7.67. The molecule has 0 radical (unpaired) electrons. The molecule has 0 aliphatic heterocycles. The Morgan fingerprint density at radius 1 is 0.800 bits per heavy atom. The number of hydrogen-bond acceptors (Lipinski definition) is 7. The molecular weight excluding hydrogens is 594 g/mol. The number of para-hydroxylation sites is 1. The fourth-order valence-corrected chi connectivity index (χ4v) is 4.99. The molecule has 2 N–H and O–H groups in total. The number of hydrogen-bond donors (Lipinski definition) is 2. The number of nitrogens with zero attached hydrogens (tertiary/aromatic N) is 1. The zero-order valence-electron chi connectivity index (χ0n) is 25.1. The quantitative estimate of drug-likeness (QED) is 0.0637. The van der Waals surface area contributed by atoms with E-state index in [4.69, 9.17) is 30.5 Å². The highest BCUT2D eigenvalue weighted by Gasteiger charge is 2.20. The summed E-state index contributed by atoms with van der Waals surface area (Å²) in [5.74, 6) is 0.562. The van der Waals surface area contributed by atoms with Crippen LogP contribution >= 0.6 is 11.6 Å². The molecule has 5 rings (SSSR count). The lowest BCUT2D eigenvalue weighted by Crippen LogP contribution is -2.18. The average Bonchev–Trinajstić information content (AvgIpc) is 3.45. The Morgan fingerprint density at radius 3 is 2.22 bits per heavy atom. The normalized spacial score (nSPS) is 11.0. The highest BCUT2D eigenvalue weighted by Crippen LogP contribution is 2.36. The van der Waals surface area contributed by atoms with Crippen LogP contribution in [0.2, 0.25) is 5.02 Å². The summed E-state index contributed by atoms with van der Waals surface area (Å²) in [4.78, 5) is 29.5. The van der Waals surface area contributed by atoms with E-state index in [2.05, 4.69) is 15.5 Å². The van der Waals surface area contributed by atoms with Gasteiger partial charge in [0, 0.05) is 10.9 Å². The molecule has 0 bridgehead atoms. The third-order valence-electron chi connectivity index (χ3n) is 6.70. The number of ether oxygens (including phenoxy) is 4. The number of H-pyrrole nitrogens is 1. The zero-order chi connectivity index (χ0) is 31.8. The number of nitrogens with one attached hydrogen (secondary N) is 2. The lowest BCUT2D eigenvalue weighted by Gasteiger charge is -2.13. The maximum atomic E-state index is 13.3. The highest BCUT2D eigenvalue weighted by atomic mass is 35.5. The minimum atomic E-state index is -0.582. The topological polar surface area (TPSA) is 111 Å². The van der Waals surface area contributed by atoms with Gasteiger partial charge in [0.1, 0.15) is 5.69 Å². The highest BCUT2D eigenvalue weighted by molar-refractivity contribution is 6.36. The van der Waals surface area contributed by atoms with Gasteiger partial charge < -0.3 is 23.9 Å². The van der Waals surface area contributed by atoms with Crippen LogP contribution in [0, 0.1) is 0 Å². The van der Waals surface area contributed by atoms with Crippen molar-refractivity contribution in [2.75, 3.05) is 19.8 Å². The number of halogens is 1. The number of hydrazone groups is 1. The van der Waals surface area contributed by atoms with Gasteiger partial charge >= 0.3 is 5.97 Å². The van der Waals surface area contributed by atoms with E-state index >= 15 is 0 Å². The molecule has 0 aliphatic carbocycles. The summed E-state index contributed by atoms with van der Waals surface area (Å²) < 4.78 is 22.6. The van der Waals surface area contributed by atoms with E-state index < -0.39 is 11.9 Å². The number of aromatic nitrogens is 1. The van der Waals surface area contributed by atoms with Gasteiger partial charge in [0.2, 0.25) is 0 Å². The Bertz CT molecular complexity index is 1850. The van der Waals surface area contributed by atoms with Gasteiger partial charge in [-0.2, -0.15) is 5.10 Å². The zero-order valence-corrected chi connectivity index (χ0v) is 25.8. The first-order valence-corrected chi connectivity index (χ1v) is 14.9. The number of carbonyl (C=O) groups is 2. The summed E-state index contributed by atoms with van der Waals surface area (Å²) in [7, 11) is 0. The largest absolute Gasteiger partial charge is 0.490 e. The summed E-state index contributed by atoms with van der Waals surface area (Å²) in [5, 5.41) is 5.50. The third-order valence-corrected chi connectivity index (χ3v) is 7.02. The second-order valence-electron chi connectivity index (χ2n) is 9.66. The van der Waals surface area contributed by atoms with Gasteiger partial charge in [0.15, 0.2) is 23.0 Å².